The minimum atomic E-state index is 0.00882. The third-order valence-electron chi connectivity index (χ3n) is 6.18. The van der Waals surface area contributed by atoms with E-state index in [-0.39, 0.29) is 5.91 Å². The third kappa shape index (κ3) is 3.00. The van der Waals surface area contributed by atoms with E-state index < -0.39 is 0 Å². The van der Waals surface area contributed by atoms with Crippen LogP contribution in [0.3, 0.4) is 0 Å². The summed E-state index contributed by atoms with van der Waals surface area (Å²) in [4.78, 5) is 21.4. The van der Waals surface area contributed by atoms with Crippen LogP contribution in [0.2, 0.25) is 0 Å². The molecule has 2 aromatic heterocycles. The molecular weight excluding hydrogens is 374 g/mol. The predicted octanol–water partition coefficient (Wildman–Crippen LogP) is 4.14. The van der Waals surface area contributed by atoms with Crippen LogP contribution in [-0.2, 0) is 6.54 Å². The quantitative estimate of drug-likeness (QED) is 0.530. The molecule has 0 bridgehead atoms. The van der Waals surface area contributed by atoms with Crippen molar-refractivity contribution in [1.82, 2.24) is 19.9 Å². The van der Waals surface area contributed by atoms with E-state index in [1.807, 2.05) is 18.2 Å². The van der Waals surface area contributed by atoms with Gasteiger partial charge in [0.15, 0.2) is 0 Å². The topological polar surface area (TPSA) is 85.8 Å². The zero-order valence-electron chi connectivity index (χ0n) is 16.6. The van der Waals surface area contributed by atoms with Crippen molar-refractivity contribution in [3.8, 4) is 11.1 Å². The molecule has 2 heterocycles. The Balaban J connectivity index is 1.47. The lowest BCUT2D eigenvalue weighted by atomic mass is 9.98. The van der Waals surface area contributed by atoms with E-state index in [1.165, 1.54) is 19.2 Å². The van der Waals surface area contributed by atoms with E-state index in [1.54, 1.807) is 0 Å². The van der Waals surface area contributed by atoms with Crippen molar-refractivity contribution in [2.24, 2.45) is 5.92 Å². The molecule has 6 rings (SSSR count). The highest BCUT2D eigenvalue weighted by Crippen LogP contribution is 2.37. The molecular formula is C24H23N5O. The van der Waals surface area contributed by atoms with Gasteiger partial charge in [-0.25, -0.2) is 9.97 Å². The van der Waals surface area contributed by atoms with E-state index in [0.717, 1.165) is 63.8 Å². The van der Waals surface area contributed by atoms with Gasteiger partial charge in [-0.15, -0.1) is 0 Å². The number of nitrogen functional groups attached to an aromatic ring is 1. The maximum atomic E-state index is 12.6. The maximum Gasteiger partial charge on any atom is 0.252 e. The van der Waals surface area contributed by atoms with Crippen molar-refractivity contribution >= 4 is 33.5 Å². The zero-order valence-corrected chi connectivity index (χ0v) is 16.6. The Labute approximate surface area is 174 Å². The fraction of sp³-hybridized carbons (Fsp3) is 0.292. The second kappa shape index (κ2) is 6.55. The maximum absolute atomic E-state index is 12.6. The Morgan fingerprint density at radius 1 is 1.13 bits per heavy atom. The van der Waals surface area contributed by atoms with E-state index in [0.29, 0.717) is 11.9 Å². The first-order valence-electron chi connectivity index (χ1n) is 10.6. The van der Waals surface area contributed by atoms with Gasteiger partial charge in [0.1, 0.15) is 17.8 Å². The standard InChI is InChI=1S/C24H23N5O/c25-22-21-20(12-29(11-14-4-5-14)23(21)27-13-26-22)16-6-9-18-15(10-16)2-1-3-19(18)24(30)28-17-7-8-17/h1-3,6,9-10,12-14,17H,4-5,7-8,11H2,(H,28,30)(H2,25,26,27). The fourth-order valence-electron chi connectivity index (χ4n) is 4.22. The van der Waals surface area contributed by atoms with Crippen LogP contribution in [0.15, 0.2) is 48.9 Å². The van der Waals surface area contributed by atoms with Crippen LogP contribution >= 0.6 is 0 Å². The van der Waals surface area contributed by atoms with E-state index >= 15 is 0 Å². The van der Waals surface area contributed by atoms with Gasteiger partial charge in [0, 0.05) is 29.9 Å². The molecule has 150 valence electrons. The van der Waals surface area contributed by atoms with Crippen LogP contribution < -0.4 is 11.1 Å². The number of nitrogens with one attached hydrogen (secondary N) is 1. The highest BCUT2D eigenvalue weighted by atomic mass is 16.1. The molecule has 0 saturated heterocycles. The lowest BCUT2D eigenvalue weighted by molar-refractivity contribution is 0.0952. The molecule has 0 aliphatic heterocycles. The summed E-state index contributed by atoms with van der Waals surface area (Å²) in [5, 5.41) is 6.00. The lowest BCUT2D eigenvalue weighted by Crippen LogP contribution is -2.25. The SMILES string of the molecule is Nc1ncnc2c1c(-c1ccc3c(C(=O)NC4CC4)cccc3c1)cn2CC1CC1. The Bertz CT molecular complexity index is 1300. The number of carbonyl (C=O) groups is 1. The minimum absolute atomic E-state index is 0.00882. The highest BCUT2D eigenvalue weighted by Gasteiger charge is 2.25. The Morgan fingerprint density at radius 3 is 2.80 bits per heavy atom. The molecule has 1 amide bonds. The number of amides is 1. The van der Waals surface area contributed by atoms with Gasteiger partial charge in [0.25, 0.3) is 5.91 Å². The fourth-order valence-corrected chi connectivity index (χ4v) is 4.22. The molecule has 2 aliphatic rings. The molecule has 6 nitrogen and oxygen atoms in total. The number of nitrogens with zero attached hydrogens (tertiary/aromatic N) is 3. The second-order valence-corrected chi connectivity index (χ2v) is 8.59. The molecule has 6 heteroatoms. The van der Waals surface area contributed by atoms with E-state index in [2.05, 4.69) is 44.2 Å². The monoisotopic (exact) mass is 397 g/mol. The molecule has 2 fully saturated rings. The van der Waals surface area contributed by atoms with Crippen molar-refractivity contribution in [3.05, 3.63) is 54.5 Å². The van der Waals surface area contributed by atoms with Crippen molar-refractivity contribution in [1.29, 1.82) is 0 Å². The first-order chi connectivity index (χ1) is 14.7. The number of rotatable bonds is 5. The predicted molar refractivity (Wildman–Crippen MR) is 118 cm³/mol. The number of anilines is 1. The molecule has 2 aromatic carbocycles. The zero-order chi connectivity index (χ0) is 20.2. The molecule has 3 N–H and O–H groups in total. The van der Waals surface area contributed by atoms with E-state index in [9.17, 15) is 4.79 Å². The van der Waals surface area contributed by atoms with Crippen molar-refractivity contribution in [2.75, 3.05) is 5.73 Å². The van der Waals surface area contributed by atoms with Crippen LogP contribution in [0.5, 0.6) is 0 Å². The van der Waals surface area contributed by atoms with Gasteiger partial charge in [-0.2, -0.15) is 0 Å². The number of nitrogens with two attached hydrogens (primary N) is 1. The molecule has 2 saturated carbocycles. The number of fused-ring (bicyclic) bond motifs is 2. The van der Waals surface area contributed by atoms with Gasteiger partial charge < -0.3 is 15.6 Å². The molecule has 30 heavy (non-hydrogen) atoms. The third-order valence-corrected chi connectivity index (χ3v) is 6.18. The Kier molecular flexibility index (Phi) is 3.81. The Hall–Kier alpha value is -3.41. The van der Waals surface area contributed by atoms with Crippen LogP contribution in [0.1, 0.15) is 36.0 Å². The second-order valence-electron chi connectivity index (χ2n) is 8.59. The normalized spacial score (nSPS) is 16.3. The average Bonchev–Trinajstić information content (AvgIpc) is 3.68. The smallest absolute Gasteiger partial charge is 0.252 e. The Morgan fingerprint density at radius 2 is 2.00 bits per heavy atom. The minimum Gasteiger partial charge on any atom is -0.383 e. The van der Waals surface area contributed by atoms with Gasteiger partial charge in [-0.05, 0) is 60.1 Å². The number of aromatic nitrogens is 3. The first-order valence-corrected chi connectivity index (χ1v) is 10.6. The van der Waals surface area contributed by atoms with Gasteiger partial charge in [-0.1, -0.05) is 24.3 Å². The van der Waals surface area contributed by atoms with Crippen LogP contribution in [0.25, 0.3) is 32.9 Å². The largest absolute Gasteiger partial charge is 0.383 e. The summed E-state index contributed by atoms with van der Waals surface area (Å²) in [5.74, 6) is 1.24. The summed E-state index contributed by atoms with van der Waals surface area (Å²) in [6.45, 7) is 0.964. The van der Waals surface area contributed by atoms with Crippen LogP contribution in [0, 0.1) is 5.92 Å². The summed E-state index contributed by atoms with van der Waals surface area (Å²) in [6.07, 6.45) is 8.40. The number of benzene rings is 2. The molecule has 2 aliphatic carbocycles. The van der Waals surface area contributed by atoms with Crippen molar-refractivity contribution in [3.63, 3.8) is 0 Å². The summed E-state index contributed by atoms with van der Waals surface area (Å²) < 4.78 is 2.21. The number of hydrogen-bond acceptors (Lipinski definition) is 4. The molecule has 0 atom stereocenters. The number of carbonyl (C=O) groups excluding carboxylic acids is 1. The van der Waals surface area contributed by atoms with Crippen LogP contribution in [0.4, 0.5) is 5.82 Å². The molecule has 4 aromatic rings. The summed E-state index contributed by atoms with van der Waals surface area (Å²) >= 11 is 0. The summed E-state index contributed by atoms with van der Waals surface area (Å²) in [5.41, 5.74) is 9.98. The van der Waals surface area contributed by atoms with Crippen LogP contribution in [-0.4, -0.2) is 26.5 Å². The summed E-state index contributed by atoms with van der Waals surface area (Å²) in [6, 6.07) is 12.5. The van der Waals surface area contributed by atoms with E-state index in [4.69, 9.17) is 5.73 Å². The summed E-state index contributed by atoms with van der Waals surface area (Å²) in [7, 11) is 0. The van der Waals surface area contributed by atoms with Gasteiger partial charge in [0.2, 0.25) is 0 Å². The van der Waals surface area contributed by atoms with Gasteiger partial charge in [0.05, 0.1) is 5.39 Å². The van der Waals surface area contributed by atoms with Crippen molar-refractivity contribution in [2.45, 2.75) is 38.3 Å². The van der Waals surface area contributed by atoms with Gasteiger partial charge >= 0.3 is 0 Å². The van der Waals surface area contributed by atoms with Crippen molar-refractivity contribution < 1.29 is 4.79 Å². The first kappa shape index (κ1) is 17.4. The number of hydrogen-bond donors (Lipinski definition) is 2. The average molecular weight is 397 g/mol. The highest BCUT2D eigenvalue weighted by molar-refractivity contribution is 6.09. The molecule has 0 unspecified atom stereocenters. The molecule has 0 radical (unpaired) electrons. The van der Waals surface area contributed by atoms with Gasteiger partial charge in [-0.3, -0.25) is 4.79 Å². The molecule has 0 spiro atoms. The lowest BCUT2D eigenvalue weighted by Gasteiger charge is -2.09.